The number of aldehydes is 1. The van der Waals surface area contributed by atoms with Crippen molar-refractivity contribution in [3.63, 3.8) is 0 Å². The average molecular weight is 188 g/mol. The third-order valence-corrected chi connectivity index (χ3v) is 2.37. The zero-order chi connectivity index (χ0) is 10.6. The molecule has 0 bridgehead atoms. The molecule has 0 N–H and O–H groups in total. The molecule has 0 fully saturated rings. The predicted molar refractivity (Wildman–Crippen MR) is 59.4 cm³/mol. The van der Waals surface area contributed by atoms with Crippen LogP contribution in [0.15, 0.2) is 36.9 Å². The summed E-state index contributed by atoms with van der Waals surface area (Å²) in [5.74, 6) is 0. The Kier molecular flexibility index (Phi) is 3.23. The number of hydrogen-bond acceptors (Lipinski definition) is 1. The second-order valence-electron chi connectivity index (χ2n) is 3.99. The van der Waals surface area contributed by atoms with Crippen molar-refractivity contribution >= 4 is 6.29 Å². The molecule has 0 saturated heterocycles. The Bertz CT molecular complexity index is 337. The minimum atomic E-state index is -0.403. The van der Waals surface area contributed by atoms with Gasteiger partial charge in [0.2, 0.25) is 0 Å². The minimum Gasteiger partial charge on any atom is -0.302 e. The zero-order valence-electron chi connectivity index (χ0n) is 8.79. The Labute approximate surface area is 85.5 Å². The molecular weight excluding hydrogens is 172 g/mol. The molecule has 0 aliphatic rings. The number of benzene rings is 1. The summed E-state index contributed by atoms with van der Waals surface area (Å²) in [6.07, 6.45) is 3.67. The Hall–Kier alpha value is -1.37. The van der Waals surface area contributed by atoms with E-state index in [-0.39, 0.29) is 0 Å². The fraction of sp³-hybridized carbons (Fsp3) is 0.308. The van der Waals surface area contributed by atoms with Crippen molar-refractivity contribution in [3.8, 4) is 0 Å². The number of carbonyl (C=O) groups excluding carboxylic acids is 1. The molecule has 1 nitrogen and oxygen atoms in total. The summed E-state index contributed by atoms with van der Waals surface area (Å²) in [4.78, 5) is 11.0. The van der Waals surface area contributed by atoms with Gasteiger partial charge in [-0.05, 0) is 31.4 Å². The van der Waals surface area contributed by atoms with Crippen molar-refractivity contribution in [1.82, 2.24) is 0 Å². The monoisotopic (exact) mass is 188 g/mol. The molecule has 0 saturated carbocycles. The summed E-state index contributed by atoms with van der Waals surface area (Å²) in [6.45, 7) is 7.58. The number of hydrogen-bond donors (Lipinski definition) is 0. The molecule has 1 rings (SSSR count). The molecule has 1 aromatic rings. The number of carbonyl (C=O) groups is 1. The molecule has 0 amide bonds. The number of allylic oxidation sites excluding steroid dienone is 1. The van der Waals surface area contributed by atoms with E-state index >= 15 is 0 Å². The summed E-state index contributed by atoms with van der Waals surface area (Å²) in [5, 5.41) is 0. The van der Waals surface area contributed by atoms with Crippen LogP contribution in [-0.2, 0) is 16.6 Å². The standard InChI is InChI=1S/C13H16O/c1-4-7-11-8-5-6-9-12(11)13(2,3)10-14/h4-6,8-10H,1,7H2,2-3H3. The highest BCUT2D eigenvalue weighted by Crippen LogP contribution is 2.24. The Morgan fingerprint density at radius 2 is 2.00 bits per heavy atom. The van der Waals surface area contributed by atoms with Crippen molar-refractivity contribution in [2.24, 2.45) is 0 Å². The summed E-state index contributed by atoms with van der Waals surface area (Å²) in [5.41, 5.74) is 1.87. The summed E-state index contributed by atoms with van der Waals surface area (Å²) < 4.78 is 0. The van der Waals surface area contributed by atoms with Gasteiger partial charge >= 0.3 is 0 Å². The van der Waals surface area contributed by atoms with Gasteiger partial charge < -0.3 is 4.79 Å². The van der Waals surface area contributed by atoms with Crippen molar-refractivity contribution in [3.05, 3.63) is 48.0 Å². The van der Waals surface area contributed by atoms with E-state index in [1.807, 2.05) is 44.2 Å². The first kappa shape index (κ1) is 10.7. The first-order valence-electron chi connectivity index (χ1n) is 4.77. The molecule has 0 atom stereocenters. The van der Waals surface area contributed by atoms with Gasteiger partial charge in [0, 0.05) is 5.41 Å². The van der Waals surface area contributed by atoms with E-state index in [9.17, 15) is 4.79 Å². The third kappa shape index (κ3) is 2.11. The zero-order valence-corrected chi connectivity index (χ0v) is 8.79. The van der Waals surface area contributed by atoms with Crippen LogP contribution in [0.5, 0.6) is 0 Å². The van der Waals surface area contributed by atoms with E-state index in [4.69, 9.17) is 0 Å². The Morgan fingerprint density at radius 3 is 2.57 bits per heavy atom. The minimum absolute atomic E-state index is 0.403. The highest BCUT2D eigenvalue weighted by Gasteiger charge is 2.21. The van der Waals surface area contributed by atoms with E-state index in [1.165, 1.54) is 5.56 Å². The maximum Gasteiger partial charge on any atom is 0.129 e. The van der Waals surface area contributed by atoms with Crippen LogP contribution in [0.4, 0.5) is 0 Å². The molecule has 0 aromatic heterocycles. The van der Waals surface area contributed by atoms with E-state index in [0.717, 1.165) is 18.3 Å². The van der Waals surface area contributed by atoms with Gasteiger partial charge in [0.1, 0.15) is 6.29 Å². The normalized spacial score (nSPS) is 11.0. The molecule has 1 aromatic carbocycles. The topological polar surface area (TPSA) is 17.1 Å². The predicted octanol–water partition coefficient (Wildman–Crippen LogP) is 2.89. The van der Waals surface area contributed by atoms with Crippen molar-refractivity contribution in [2.45, 2.75) is 25.7 Å². The van der Waals surface area contributed by atoms with E-state index < -0.39 is 5.41 Å². The maximum absolute atomic E-state index is 11.0. The average Bonchev–Trinajstić information content (AvgIpc) is 2.19. The second-order valence-corrected chi connectivity index (χ2v) is 3.99. The molecule has 0 spiro atoms. The van der Waals surface area contributed by atoms with Gasteiger partial charge in [-0.3, -0.25) is 0 Å². The van der Waals surface area contributed by atoms with Crippen LogP contribution in [0, 0.1) is 0 Å². The van der Waals surface area contributed by atoms with Gasteiger partial charge in [0.25, 0.3) is 0 Å². The van der Waals surface area contributed by atoms with Gasteiger partial charge in [0.05, 0.1) is 0 Å². The number of rotatable bonds is 4. The van der Waals surface area contributed by atoms with E-state index in [1.54, 1.807) is 0 Å². The van der Waals surface area contributed by atoms with Gasteiger partial charge in [-0.25, -0.2) is 0 Å². The fourth-order valence-corrected chi connectivity index (χ4v) is 1.55. The molecule has 74 valence electrons. The SMILES string of the molecule is C=CCc1ccccc1C(C)(C)C=O. The second kappa shape index (κ2) is 4.23. The quantitative estimate of drug-likeness (QED) is 0.524. The van der Waals surface area contributed by atoms with E-state index in [2.05, 4.69) is 6.58 Å². The van der Waals surface area contributed by atoms with Crippen LogP contribution >= 0.6 is 0 Å². The van der Waals surface area contributed by atoms with Crippen molar-refractivity contribution in [2.75, 3.05) is 0 Å². The highest BCUT2D eigenvalue weighted by atomic mass is 16.1. The fourth-order valence-electron chi connectivity index (χ4n) is 1.55. The van der Waals surface area contributed by atoms with Crippen molar-refractivity contribution < 1.29 is 4.79 Å². The summed E-state index contributed by atoms with van der Waals surface area (Å²) >= 11 is 0. The Balaban J connectivity index is 3.18. The molecule has 14 heavy (non-hydrogen) atoms. The van der Waals surface area contributed by atoms with Crippen LogP contribution in [0.1, 0.15) is 25.0 Å². The van der Waals surface area contributed by atoms with Crippen LogP contribution < -0.4 is 0 Å². The van der Waals surface area contributed by atoms with Crippen LogP contribution in [0.25, 0.3) is 0 Å². The third-order valence-electron chi connectivity index (χ3n) is 2.37. The van der Waals surface area contributed by atoms with Crippen molar-refractivity contribution in [1.29, 1.82) is 0 Å². The lowest BCUT2D eigenvalue weighted by Gasteiger charge is -2.20. The lowest BCUT2D eigenvalue weighted by molar-refractivity contribution is -0.111. The summed E-state index contributed by atoms with van der Waals surface area (Å²) in [7, 11) is 0. The molecule has 1 heteroatoms. The first-order chi connectivity index (χ1) is 6.61. The van der Waals surface area contributed by atoms with Crippen LogP contribution in [0.3, 0.4) is 0 Å². The summed E-state index contributed by atoms with van der Waals surface area (Å²) in [6, 6.07) is 8.01. The van der Waals surface area contributed by atoms with Crippen LogP contribution in [-0.4, -0.2) is 6.29 Å². The van der Waals surface area contributed by atoms with E-state index in [0.29, 0.717) is 0 Å². The molecule has 0 heterocycles. The van der Waals surface area contributed by atoms with Gasteiger partial charge in [-0.1, -0.05) is 30.3 Å². The lowest BCUT2D eigenvalue weighted by atomic mass is 9.82. The van der Waals surface area contributed by atoms with Crippen LogP contribution in [0.2, 0.25) is 0 Å². The largest absolute Gasteiger partial charge is 0.302 e. The van der Waals surface area contributed by atoms with Gasteiger partial charge in [0.15, 0.2) is 0 Å². The smallest absolute Gasteiger partial charge is 0.129 e. The van der Waals surface area contributed by atoms with Gasteiger partial charge in [-0.2, -0.15) is 0 Å². The first-order valence-corrected chi connectivity index (χ1v) is 4.77. The molecule has 0 aliphatic carbocycles. The molecular formula is C13H16O. The lowest BCUT2D eigenvalue weighted by Crippen LogP contribution is -2.20. The Morgan fingerprint density at radius 1 is 1.36 bits per heavy atom. The molecule has 0 aliphatic heterocycles. The molecule has 0 radical (unpaired) electrons. The van der Waals surface area contributed by atoms with Gasteiger partial charge in [-0.15, -0.1) is 6.58 Å². The maximum atomic E-state index is 11.0. The molecule has 0 unspecified atom stereocenters. The highest BCUT2D eigenvalue weighted by molar-refractivity contribution is 5.68.